The molecule has 3 N–H and O–H groups in total. The molecule has 0 aromatic heterocycles. The molecule has 1 aliphatic heterocycles. The monoisotopic (exact) mass is 481 g/mol. The second-order valence-electron chi connectivity index (χ2n) is 8.31. The van der Waals surface area contributed by atoms with E-state index in [1.165, 1.54) is 12.1 Å². The van der Waals surface area contributed by atoms with E-state index in [0.29, 0.717) is 11.1 Å². The van der Waals surface area contributed by atoms with Gasteiger partial charge in [-0.2, -0.15) is 0 Å². The van der Waals surface area contributed by atoms with Gasteiger partial charge < -0.3 is 29.5 Å². The summed E-state index contributed by atoms with van der Waals surface area (Å²) in [6.07, 6.45) is -4.68. The molecule has 1 saturated heterocycles. The molecule has 0 spiro atoms. The van der Waals surface area contributed by atoms with Crippen molar-refractivity contribution in [3.05, 3.63) is 112 Å². The molecule has 0 unspecified atom stereocenters. The Balaban J connectivity index is 1.64. The second kappa shape index (κ2) is 11.0. The predicted molar refractivity (Wildman–Crippen MR) is 125 cm³/mol. The Morgan fingerprint density at radius 3 is 2.06 bits per heavy atom. The lowest BCUT2D eigenvalue weighted by Gasteiger charge is -2.49. The van der Waals surface area contributed by atoms with Crippen LogP contribution in [-0.4, -0.2) is 51.3 Å². The minimum atomic E-state index is -2.05. The van der Waals surface area contributed by atoms with E-state index in [-0.39, 0.29) is 18.9 Å². The van der Waals surface area contributed by atoms with Crippen LogP contribution in [-0.2, 0) is 33.2 Å². The van der Waals surface area contributed by atoms with Crippen LogP contribution in [0.15, 0.2) is 84.9 Å². The van der Waals surface area contributed by atoms with Gasteiger partial charge in [-0.25, -0.2) is 0 Å². The lowest BCUT2D eigenvalue weighted by atomic mass is 9.87. The van der Waals surface area contributed by atoms with E-state index < -0.39 is 41.7 Å². The summed E-state index contributed by atoms with van der Waals surface area (Å²) in [6.45, 7) is -0.456. The number of nitro groups is 1. The van der Waals surface area contributed by atoms with Gasteiger partial charge in [-0.1, -0.05) is 60.7 Å². The minimum Gasteiger partial charge on any atom is -0.394 e. The van der Waals surface area contributed by atoms with Gasteiger partial charge in [0.15, 0.2) is 0 Å². The third kappa shape index (κ3) is 5.57. The topological polar surface area (TPSA) is 132 Å². The molecular weight excluding hydrogens is 454 g/mol. The van der Waals surface area contributed by atoms with E-state index in [2.05, 4.69) is 0 Å². The molecule has 1 fully saturated rings. The third-order valence-corrected chi connectivity index (χ3v) is 5.96. The fraction of sp³-hybridized carbons (Fsp3) is 0.308. The number of hydrogen-bond acceptors (Lipinski definition) is 8. The summed E-state index contributed by atoms with van der Waals surface area (Å²) in [5.74, 6) is -2.05. The first kappa shape index (κ1) is 24.9. The molecule has 1 aliphatic rings. The summed E-state index contributed by atoms with van der Waals surface area (Å²) in [6, 6.07) is 23.7. The van der Waals surface area contributed by atoms with Gasteiger partial charge in [0, 0.05) is 17.7 Å². The summed E-state index contributed by atoms with van der Waals surface area (Å²) in [7, 11) is 0. The molecule has 0 aliphatic carbocycles. The van der Waals surface area contributed by atoms with Crippen LogP contribution < -0.4 is 0 Å². The lowest BCUT2D eigenvalue weighted by Crippen LogP contribution is -2.65. The summed E-state index contributed by atoms with van der Waals surface area (Å²) < 4.78 is 18.0. The van der Waals surface area contributed by atoms with Crippen LogP contribution >= 0.6 is 0 Å². The highest BCUT2D eigenvalue weighted by atomic mass is 16.7. The Morgan fingerprint density at radius 1 is 0.886 bits per heavy atom. The molecule has 0 amide bonds. The smallest absolute Gasteiger partial charge is 0.269 e. The maximum Gasteiger partial charge on any atom is 0.269 e. The quantitative estimate of drug-likeness (QED) is 0.314. The van der Waals surface area contributed by atoms with Crippen molar-refractivity contribution in [3.8, 4) is 0 Å². The molecule has 0 saturated carbocycles. The Morgan fingerprint density at radius 2 is 1.46 bits per heavy atom. The van der Waals surface area contributed by atoms with Crippen molar-refractivity contribution in [2.24, 2.45) is 0 Å². The normalized spacial score (nSPS) is 26.4. The Hall–Kier alpha value is -3.18. The summed E-state index contributed by atoms with van der Waals surface area (Å²) in [5, 5.41) is 43.5. The molecule has 4 rings (SSSR count). The number of non-ortho nitro benzene ring substituents is 1. The number of ether oxygens (including phenoxy) is 3. The highest BCUT2D eigenvalue weighted by Gasteiger charge is 2.56. The number of nitrogens with zero attached hydrogens (tertiary/aromatic N) is 1. The van der Waals surface area contributed by atoms with Crippen molar-refractivity contribution in [3.63, 3.8) is 0 Å². The van der Waals surface area contributed by atoms with E-state index in [1.54, 1.807) is 42.5 Å². The average molecular weight is 482 g/mol. The molecule has 9 heteroatoms. The van der Waals surface area contributed by atoms with Crippen LogP contribution in [0.1, 0.15) is 16.7 Å². The van der Waals surface area contributed by atoms with E-state index >= 15 is 0 Å². The van der Waals surface area contributed by atoms with Gasteiger partial charge in [0.1, 0.15) is 24.4 Å². The molecule has 3 aromatic carbocycles. The van der Waals surface area contributed by atoms with Gasteiger partial charge in [0.05, 0.1) is 24.7 Å². The molecule has 5 atom stereocenters. The van der Waals surface area contributed by atoms with Crippen molar-refractivity contribution in [1.29, 1.82) is 0 Å². The first-order valence-corrected chi connectivity index (χ1v) is 11.2. The first-order valence-electron chi connectivity index (χ1n) is 11.2. The van der Waals surface area contributed by atoms with Crippen LogP contribution in [0.4, 0.5) is 5.69 Å². The van der Waals surface area contributed by atoms with Gasteiger partial charge in [0.25, 0.3) is 5.69 Å². The third-order valence-electron chi connectivity index (χ3n) is 5.96. The van der Waals surface area contributed by atoms with Gasteiger partial charge in [-0.3, -0.25) is 10.1 Å². The van der Waals surface area contributed by atoms with Crippen LogP contribution in [0, 0.1) is 10.1 Å². The molecular formula is C26H27NO8. The Bertz CT molecular complexity index is 1100. The van der Waals surface area contributed by atoms with Crippen LogP contribution in [0.25, 0.3) is 0 Å². The number of benzene rings is 3. The summed E-state index contributed by atoms with van der Waals surface area (Å²) >= 11 is 0. The van der Waals surface area contributed by atoms with Gasteiger partial charge in [-0.15, -0.1) is 0 Å². The fourth-order valence-corrected chi connectivity index (χ4v) is 4.10. The zero-order chi connectivity index (χ0) is 24.8. The van der Waals surface area contributed by atoms with Gasteiger partial charge >= 0.3 is 0 Å². The second-order valence-corrected chi connectivity index (χ2v) is 8.31. The van der Waals surface area contributed by atoms with E-state index in [1.807, 2.05) is 30.3 Å². The molecule has 35 heavy (non-hydrogen) atoms. The lowest BCUT2D eigenvalue weighted by molar-refractivity contribution is -0.384. The van der Waals surface area contributed by atoms with Gasteiger partial charge in [0.2, 0.25) is 5.79 Å². The highest BCUT2D eigenvalue weighted by molar-refractivity contribution is 5.32. The van der Waals surface area contributed by atoms with Crippen LogP contribution in [0.2, 0.25) is 0 Å². The van der Waals surface area contributed by atoms with Gasteiger partial charge in [-0.05, 0) is 23.3 Å². The molecule has 0 radical (unpaired) electrons. The number of aliphatic hydroxyl groups excluding tert-OH is 2. The number of nitro benzene ring substituents is 1. The summed E-state index contributed by atoms with van der Waals surface area (Å²) in [4.78, 5) is 10.5. The number of hydrogen-bond donors (Lipinski definition) is 3. The van der Waals surface area contributed by atoms with Crippen molar-refractivity contribution < 1.29 is 34.5 Å². The van der Waals surface area contributed by atoms with Crippen LogP contribution in [0.5, 0.6) is 0 Å². The summed E-state index contributed by atoms with van der Waals surface area (Å²) in [5.41, 5.74) is 1.78. The predicted octanol–water partition coefficient (Wildman–Crippen LogP) is 2.66. The Labute approximate surface area is 202 Å². The zero-order valence-electron chi connectivity index (χ0n) is 18.8. The van der Waals surface area contributed by atoms with Crippen molar-refractivity contribution in [2.45, 2.75) is 43.4 Å². The number of rotatable bonds is 9. The molecule has 3 aromatic rings. The molecule has 0 bridgehead atoms. The molecule has 1 heterocycles. The van der Waals surface area contributed by atoms with Crippen molar-refractivity contribution >= 4 is 5.69 Å². The standard InChI is InChI=1S/C26H27NO8/c28-15-22-23(29)24(33-16-18-7-3-1-4-8-18)25(26(30,35-22)20-9-5-2-6-10-20)34-17-19-11-13-21(14-12-19)27(31)32/h1-14,22-25,28-30H,15-17H2/t22-,23+,24+,25-,26-/m1/s1. The van der Waals surface area contributed by atoms with E-state index in [4.69, 9.17) is 14.2 Å². The number of aliphatic hydroxyl groups is 3. The molecule has 9 nitrogen and oxygen atoms in total. The van der Waals surface area contributed by atoms with Crippen molar-refractivity contribution in [2.75, 3.05) is 6.61 Å². The van der Waals surface area contributed by atoms with Crippen LogP contribution in [0.3, 0.4) is 0 Å². The maximum atomic E-state index is 11.7. The minimum absolute atomic E-state index is 0.0388. The maximum absolute atomic E-state index is 11.7. The molecule has 184 valence electrons. The largest absolute Gasteiger partial charge is 0.394 e. The fourth-order valence-electron chi connectivity index (χ4n) is 4.10. The van der Waals surface area contributed by atoms with E-state index in [9.17, 15) is 25.4 Å². The van der Waals surface area contributed by atoms with E-state index in [0.717, 1.165) is 5.56 Å². The first-order chi connectivity index (χ1) is 16.9. The Kier molecular flexibility index (Phi) is 7.86. The van der Waals surface area contributed by atoms with Crippen molar-refractivity contribution in [1.82, 2.24) is 0 Å². The SMILES string of the molecule is O=[N+]([O-])c1ccc(CO[C@@H]2[C@@H](OCc3ccccc3)[C@@H](O)[C@@H](CO)O[C@]2(O)c2ccccc2)cc1. The average Bonchev–Trinajstić information content (AvgIpc) is 2.89. The highest BCUT2D eigenvalue weighted by Crippen LogP contribution is 2.40. The zero-order valence-corrected chi connectivity index (χ0v) is 18.8.